The molecule has 172 valence electrons. The van der Waals surface area contributed by atoms with E-state index >= 15 is 0 Å². The van der Waals surface area contributed by atoms with Gasteiger partial charge in [-0.15, -0.1) is 0 Å². The van der Waals surface area contributed by atoms with E-state index in [1.807, 2.05) is 17.0 Å². The zero-order valence-corrected chi connectivity index (χ0v) is 18.6. The molecule has 8 heteroatoms. The lowest BCUT2D eigenvalue weighted by Crippen LogP contribution is -2.54. The Balaban J connectivity index is 1.20. The number of benzene rings is 1. The first kappa shape index (κ1) is 22.5. The largest absolute Gasteiger partial charge is 0.492 e. The van der Waals surface area contributed by atoms with E-state index in [9.17, 15) is 9.90 Å². The van der Waals surface area contributed by atoms with E-state index in [4.69, 9.17) is 9.47 Å². The van der Waals surface area contributed by atoms with Gasteiger partial charge in [-0.05, 0) is 17.7 Å². The first-order chi connectivity index (χ1) is 15.1. The van der Waals surface area contributed by atoms with Gasteiger partial charge in [0.25, 0.3) is 0 Å². The molecule has 0 unspecified atom stereocenters. The zero-order valence-electron chi connectivity index (χ0n) is 18.6. The van der Waals surface area contributed by atoms with Gasteiger partial charge in [-0.1, -0.05) is 12.1 Å². The average Bonchev–Trinajstić information content (AvgIpc) is 3.15. The first-order valence-electron chi connectivity index (χ1n) is 11.5. The molecule has 3 saturated heterocycles. The number of aliphatic hydroxyl groups excluding tert-OH is 1. The van der Waals surface area contributed by atoms with Crippen LogP contribution in [0.4, 0.5) is 0 Å². The number of morpholine rings is 1. The highest BCUT2D eigenvalue weighted by Crippen LogP contribution is 2.21. The molecule has 8 nitrogen and oxygen atoms in total. The van der Waals surface area contributed by atoms with Crippen molar-refractivity contribution >= 4 is 5.91 Å². The van der Waals surface area contributed by atoms with Crippen LogP contribution in [0.15, 0.2) is 24.3 Å². The van der Waals surface area contributed by atoms with E-state index < -0.39 is 0 Å². The lowest BCUT2D eigenvalue weighted by molar-refractivity contribution is -0.131. The lowest BCUT2D eigenvalue weighted by atomic mass is 10.1. The molecule has 4 rings (SSSR count). The zero-order chi connectivity index (χ0) is 21.6. The summed E-state index contributed by atoms with van der Waals surface area (Å²) in [6, 6.07) is 8.47. The maximum atomic E-state index is 11.5. The van der Waals surface area contributed by atoms with Crippen LogP contribution in [0.3, 0.4) is 0 Å². The van der Waals surface area contributed by atoms with Crippen LogP contribution in [0.2, 0.25) is 0 Å². The highest BCUT2D eigenvalue weighted by Gasteiger charge is 2.36. The van der Waals surface area contributed by atoms with Gasteiger partial charge in [-0.25, -0.2) is 0 Å². The fraction of sp³-hybridized carbons (Fsp3) is 0.696. The van der Waals surface area contributed by atoms with Crippen LogP contribution >= 0.6 is 0 Å². The van der Waals surface area contributed by atoms with Crippen LogP contribution in [0.5, 0.6) is 5.75 Å². The van der Waals surface area contributed by atoms with Crippen molar-refractivity contribution in [1.82, 2.24) is 19.6 Å². The summed E-state index contributed by atoms with van der Waals surface area (Å²) < 4.78 is 11.3. The Labute approximate surface area is 185 Å². The Hall–Kier alpha value is -1.71. The normalized spacial score (nSPS) is 26.3. The number of carbonyl (C=O) groups is 1. The fourth-order valence-electron chi connectivity index (χ4n) is 4.77. The minimum Gasteiger partial charge on any atom is -0.492 e. The molecule has 0 saturated carbocycles. The highest BCUT2D eigenvalue weighted by molar-refractivity contribution is 5.73. The Morgan fingerprint density at radius 1 is 1.03 bits per heavy atom. The molecule has 3 aliphatic heterocycles. The second-order valence-corrected chi connectivity index (χ2v) is 8.82. The number of carbonyl (C=O) groups excluding carboxylic acids is 1. The molecule has 1 amide bonds. The van der Waals surface area contributed by atoms with E-state index in [1.54, 1.807) is 6.92 Å². The number of likely N-dealkylation sites (tertiary alicyclic amines) is 1. The summed E-state index contributed by atoms with van der Waals surface area (Å²) in [7, 11) is 0. The Kier molecular flexibility index (Phi) is 7.79. The van der Waals surface area contributed by atoms with Crippen molar-refractivity contribution in [3.63, 3.8) is 0 Å². The number of hydrogen-bond acceptors (Lipinski definition) is 7. The standard InChI is InChI=1S/C23H36N4O4/c1-19(28)26-6-8-27(9-7-26)22-17-25(18-23(22)29)16-20-2-4-21(5-3-20)31-15-12-24-10-13-30-14-11-24/h2-5,22-23,29H,6-18H2,1H3/t22-,23-/m0/s1. The topological polar surface area (TPSA) is 68.7 Å². The maximum absolute atomic E-state index is 11.5. The minimum atomic E-state index is -0.341. The van der Waals surface area contributed by atoms with E-state index in [0.717, 1.165) is 77.9 Å². The number of hydrogen-bond donors (Lipinski definition) is 1. The third kappa shape index (κ3) is 6.17. The molecule has 3 aliphatic rings. The molecule has 0 aromatic heterocycles. The quantitative estimate of drug-likeness (QED) is 0.656. The molecular formula is C23H36N4O4. The number of ether oxygens (including phenoxy) is 2. The van der Waals surface area contributed by atoms with Gasteiger partial charge < -0.3 is 19.5 Å². The van der Waals surface area contributed by atoms with Crippen molar-refractivity contribution in [2.24, 2.45) is 0 Å². The highest BCUT2D eigenvalue weighted by atomic mass is 16.5. The van der Waals surface area contributed by atoms with Crippen molar-refractivity contribution < 1.29 is 19.4 Å². The Bertz CT molecular complexity index is 702. The van der Waals surface area contributed by atoms with Crippen molar-refractivity contribution in [1.29, 1.82) is 0 Å². The molecule has 3 heterocycles. The molecule has 1 N–H and O–H groups in total. The molecule has 0 spiro atoms. The van der Waals surface area contributed by atoms with Crippen LogP contribution in [0, 0.1) is 0 Å². The molecule has 3 fully saturated rings. The maximum Gasteiger partial charge on any atom is 0.219 e. The molecule has 31 heavy (non-hydrogen) atoms. The predicted molar refractivity (Wildman–Crippen MR) is 118 cm³/mol. The second kappa shape index (κ2) is 10.7. The predicted octanol–water partition coefficient (Wildman–Crippen LogP) is 0.107. The van der Waals surface area contributed by atoms with Gasteiger partial charge in [0.05, 0.1) is 19.3 Å². The van der Waals surface area contributed by atoms with Gasteiger partial charge in [-0.2, -0.15) is 0 Å². The summed E-state index contributed by atoms with van der Waals surface area (Å²) >= 11 is 0. The van der Waals surface area contributed by atoms with Gasteiger partial charge in [0, 0.05) is 78.4 Å². The van der Waals surface area contributed by atoms with Gasteiger partial charge in [0.15, 0.2) is 0 Å². The average molecular weight is 433 g/mol. The molecular weight excluding hydrogens is 396 g/mol. The summed E-state index contributed by atoms with van der Waals surface area (Å²) in [4.78, 5) is 20.5. The first-order valence-corrected chi connectivity index (χ1v) is 11.5. The number of β-amino-alcohol motifs (C(OH)–C–C–N with tert-alkyl or cyclic N) is 1. The molecule has 0 bridgehead atoms. The van der Waals surface area contributed by atoms with Crippen LogP contribution in [0.25, 0.3) is 0 Å². The van der Waals surface area contributed by atoms with E-state index in [0.29, 0.717) is 13.2 Å². The van der Waals surface area contributed by atoms with Crippen LogP contribution < -0.4 is 4.74 Å². The van der Waals surface area contributed by atoms with Gasteiger partial charge >= 0.3 is 0 Å². The van der Waals surface area contributed by atoms with E-state index in [1.165, 1.54) is 5.56 Å². The number of nitrogens with zero attached hydrogens (tertiary/aromatic N) is 4. The summed E-state index contributed by atoms with van der Waals surface area (Å²) in [5, 5.41) is 10.6. The monoisotopic (exact) mass is 432 g/mol. The van der Waals surface area contributed by atoms with Crippen molar-refractivity contribution in [2.75, 3.05) is 78.7 Å². The third-order valence-corrected chi connectivity index (χ3v) is 6.67. The number of piperazine rings is 1. The fourth-order valence-corrected chi connectivity index (χ4v) is 4.77. The molecule has 1 aromatic carbocycles. The second-order valence-electron chi connectivity index (χ2n) is 8.82. The molecule has 1 aromatic rings. The van der Waals surface area contributed by atoms with Crippen LogP contribution in [-0.4, -0.2) is 121 Å². The number of rotatable bonds is 7. The third-order valence-electron chi connectivity index (χ3n) is 6.67. The number of aliphatic hydroxyl groups is 1. The molecule has 0 aliphatic carbocycles. The summed E-state index contributed by atoms with van der Waals surface area (Å²) in [6.07, 6.45) is -0.341. The van der Waals surface area contributed by atoms with E-state index in [2.05, 4.69) is 26.8 Å². The van der Waals surface area contributed by atoms with Gasteiger partial charge in [0.1, 0.15) is 12.4 Å². The van der Waals surface area contributed by atoms with Crippen molar-refractivity contribution in [3.05, 3.63) is 29.8 Å². The van der Waals surface area contributed by atoms with E-state index in [-0.39, 0.29) is 18.1 Å². The van der Waals surface area contributed by atoms with Gasteiger partial charge in [-0.3, -0.25) is 19.5 Å². The summed E-state index contributed by atoms with van der Waals surface area (Å²) in [5.41, 5.74) is 1.23. The molecule has 0 radical (unpaired) electrons. The smallest absolute Gasteiger partial charge is 0.219 e. The van der Waals surface area contributed by atoms with Crippen molar-refractivity contribution in [2.45, 2.75) is 25.6 Å². The minimum absolute atomic E-state index is 0.141. The van der Waals surface area contributed by atoms with Gasteiger partial charge in [0.2, 0.25) is 5.91 Å². The lowest BCUT2D eigenvalue weighted by Gasteiger charge is -2.38. The van der Waals surface area contributed by atoms with Crippen molar-refractivity contribution in [3.8, 4) is 5.75 Å². The SMILES string of the molecule is CC(=O)N1CCN([C@H]2CN(Cc3ccc(OCCN4CCOCC4)cc3)C[C@@H]2O)CC1. The summed E-state index contributed by atoms with van der Waals surface area (Å²) in [5.74, 6) is 1.04. The summed E-state index contributed by atoms with van der Waals surface area (Å²) in [6.45, 7) is 12.4. The van der Waals surface area contributed by atoms with Crippen LogP contribution in [-0.2, 0) is 16.1 Å². The molecule has 2 atom stereocenters. The Morgan fingerprint density at radius 3 is 2.42 bits per heavy atom. The number of amides is 1. The van der Waals surface area contributed by atoms with Crippen LogP contribution in [0.1, 0.15) is 12.5 Å². The Morgan fingerprint density at radius 2 is 1.74 bits per heavy atom.